The number of carbonyl (C=O) groups is 1. The molecule has 1 saturated heterocycles. The molecule has 0 bridgehead atoms. The summed E-state index contributed by atoms with van der Waals surface area (Å²) < 4.78 is 29.6. The molecule has 1 fully saturated rings. The van der Waals surface area contributed by atoms with Gasteiger partial charge >= 0.3 is 0 Å². The summed E-state index contributed by atoms with van der Waals surface area (Å²) in [5.41, 5.74) is 3.11. The van der Waals surface area contributed by atoms with Gasteiger partial charge in [0.15, 0.2) is 0 Å². The molecule has 170 valence electrons. The second-order valence-electron chi connectivity index (χ2n) is 8.54. The van der Waals surface area contributed by atoms with Crippen molar-refractivity contribution in [3.05, 3.63) is 65.9 Å². The van der Waals surface area contributed by atoms with Crippen LogP contribution in [-0.4, -0.2) is 36.3 Å². The average molecular weight is 454 g/mol. The lowest BCUT2D eigenvalue weighted by Crippen LogP contribution is -2.35. The van der Waals surface area contributed by atoms with Crippen LogP contribution in [0.1, 0.15) is 49.8 Å². The fraction of sp³-hybridized carbons (Fsp3) is 0.400. The van der Waals surface area contributed by atoms with Gasteiger partial charge in [-0.05, 0) is 56.0 Å². The van der Waals surface area contributed by atoms with Crippen LogP contribution in [0, 0.1) is 6.92 Å². The number of rotatable bonds is 7. The SMILES string of the molecule is CCC(C(=O)NCc1ccc(C)cc1)n1ccc2cc(S(=O)(=O)N3CCCCC3)ccc21. The van der Waals surface area contributed by atoms with Gasteiger partial charge in [-0.2, -0.15) is 4.31 Å². The monoisotopic (exact) mass is 453 g/mol. The molecule has 1 aliphatic rings. The van der Waals surface area contributed by atoms with Crippen molar-refractivity contribution in [2.24, 2.45) is 0 Å². The van der Waals surface area contributed by atoms with Crippen molar-refractivity contribution in [3.8, 4) is 0 Å². The maximum absolute atomic E-state index is 13.0. The molecule has 7 heteroatoms. The first-order valence-corrected chi connectivity index (χ1v) is 12.8. The van der Waals surface area contributed by atoms with Gasteiger partial charge in [0, 0.05) is 36.7 Å². The van der Waals surface area contributed by atoms with E-state index in [-0.39, 0.29) is 11.9 Å². The minimum Gasteiger partial charge on any atom is -0.350 e. The standard InChI is InChI=1S/C25H31N3O3S/c1-3-23(25(29)26-18-20-9-7-19(2)8-10-20)28-16-13-21-17-22(11-12-24(21)28)32(30,31)27-14-5-4-6-15-27/h7-13,16-17,23H,3-6,14-15,18H2,1-2H3,(H,26,29). The quantitative estimate of drug-likeness (QED) is 0.577. The third-order valence-electron chi connectivity index (χ3n) is 6.26. The highest BCUT2D eigenvalue weighted by Crippen LogP contribution is 2.27. The van der Waals surface area contributed by atoms with E-state index in [2.05, 4.69) is 5.32 Å². The molecule has 0 spiro atoms. The number of amides is 1. The Kier molecular flexibility index (Phi) is 6.67. The molecular formula is C25H31N3O3S. The lowest BCUT2D eigenvalue weighted by Gasteiger charge is -2.26. The summed E-state index contributed by atoms with van der Waals surface area (Å²) in [6, 6.07) is 14.9. The minimum absolute atomic E-state index is 0.0458. The Labute approximate surface area is 190 Å². The zero-order chi connectivity index (χ0) is 22.7. The van der Waals surface area contributed by atoms with Gasteiger partial charge in [-0.15, -0.1) is 0 Å². The Morgan fingerprint density at radius 2 is 1.75 bits per heavy atom. The van der Waals surface area contributed by atoms with Crippen molar-refractivity contribution in [1.82, 2.24) is 14.2 Å². The summed E-state index contributed by atoms with van der Waals surface area (Å²) in [6.45, 7) is 5.67. The molecule has 4 rings (SSSR count). The average Bonchev–Trinajstić information content (AvgIpc) is 3.23. The molecule has 0 saturated carbocycles. The van der Waals surface area contributed by atoms with E-state index in [1.807, 2.05) is 61.0 Å². The summed E-state index contributed by atoms with van der Waals surface area (Å²) in [5, 5.41) is 3.87. The van der Waals surface area contributed by atoms with Gasteiger partial charge in [0.25, 0.3) is 0 Å². The topological polar surface area (TPSA) is 71.4 Å². The molecule has 1 amide bonds. The van der Waals surface area contributed by atoms with Gasteiger partial charge in [0.1, 0.15) is 6.04 Å². The molecule has 1 aliphatic heterocycles. The van der Waals surface area contributed by atoms with E-state index in [0.29, 0.717) is 31.0 Å². The lowest BCUT2D eigenvalue weighted by molar-refractivity contribution is -0.124. The molecule has 1 aromatic heterocycles. The zero-order valence-corrected chi connectivity index (χ0v) is 19.6. The summed E-state index contributed by atoms with van der Waals surface area (Å²) >= 11 is 0. The first-order valence-electron chi connectivity index (χ1n) is 11.3. The molecule has 1 atom stereocenters. The van der Waals surface area contributed by atoms with Crippen LogP contribution in [0.2, 0.25) is 0 Å². The van der Waals surface area contributed by atoms with Gasteiger partial charge in [-0.3, -0.25) is 4.79 Å². The van der Waals surface area contributed by atoms with E-state index < -0.39 is 10.0 Å². The third-order valence-corrected chi connectivity index (χ3v) is 8.15. The second-order valence-corrected chi connectivity index (χ2v) is 10.5. The van der Waals surface area contributed by atoms with Gasteiger partial charge < -0.3 is 9.88 Å². The van der Waals surface area contributed by atoms with E-state index in [1.165, 1.54) is 5.56 Å². The lowest BCUT2D eigenvalue weighted by atomic mass is 10.1. The Hall–Kier alpha value is -2.64. The van der Waals surface area contributed by atoms with Gasteiger partial charge in [0.2, 0.25) is 15.9 Å². The first kappa shape index (κ1) is 22.6. The Balaban J connectivity index is 1.54. The summed E-state index contributed by atoms with van der Waals surface area (Å²) in [5.74, 6) is -0.0458. The van der Waals surface area contributed by atoms with Crippen LogP contribution < -0.4 is 5.32 Å². The fourth-order valence-electron chi connectivity index (χ4n) is 4.35. The maximum Gasteiger partial charge on any atom is 0.243 e. The number of aromatic nitrogens is 1. The second kappa shape index (κ2) is 9.46. The van der Waals surface area contributed by atoms with E-state index in [4.69, 9.17) is 0 Å². The van der Waals surface area contributed by atoms with Crippen molar-refractivity contribution < 1.29 is 13.2 Å². The van der Waals surface area contributed by atoms with E-state index in [1.54, 1.807) is 16.4 Å². The van der Waals surface area contributed by atoms with Crippen molar-refractivity contribution >= 4 is 26.8 Å². The number of sulfonamides is 1. The molecule has 2 heterocycles. The third kappa shape index (κ3) is 4.59. The maximum atomic E-state index is 13.0. The van der Waals surface area contributed by atoms with Crippen LogP contribution in [0.3, 0.4) is 0 Å². The first-order chi connectivity index (χ1) is 15.4. The summed E-state index contributed by atoms with van der Waals surface area (Å²) in [6.07, 6.45) is 5.42. The van der Waals surface area contributed by atoms with Crippen molar-refractivity contribution in [3.63, 3.8) is 0 Å². The molecule has 32 heavy (non-hydrogen) atoms. The smallest absolute Gasteiger partial charge is 0.243 e. The van der Waals surface area contributed by atoms with Crippen LogP contribution >= 0.6 is 0 Å². The zero-order valence-electron chi connectivity index (χ0n) is 18.8. The van der Waals surface area contributed by atoms with E-state index >= 15 is 0 Å². The van der Waals surface area contributed by atoms with Crippen molar-refractivity contribution in [1.29, 1.82) is 0 Å². The van der Waals surface area contributed by atoms with Crippen LogP contribution in [-0.2, 0) is 21.4 Å². The number of benzene rings is 2. The predicted octanol–water partition coefficient (Wildman–Crippen LogP) is 4.39. The summed E-state index contributed by atoms with van der Waals surface area (Å²) in [7, 11) is -3.48. The number of aryl methyl sites for hydroxylation is 1. The normalized spacial score (nSPS) is 16.2. The highest BCUT2D eigenvalue weighted by Gasteiger charge is 2.27. The molecule has 0 aliphatic carbocycles. The number of carbonyl (C=O) groups excluding carboxylic acids is 1. The van der Waals surface area contributed by atoms with Gasteiger partial charge in [-0.25, -0.2) is 8.42 Å². The Morgan fingerprint density at radius 3 is 2.44 bits per heavy atom. The molecule has 1 unspecified atom stereocenters. The summed E-state index contributed by atoms with van der Waals surface area (Å²) in [4.78, 5) is 13.3. The number of fused-ring (bicyclic) bond motifs is 1. The molecule has 0 radical (unpaired) electrons. The van der Waals surface area contributed by atoms with Crippen LogP contribution in [0.25, 0.3) is 10.9 Å². The molecule has 3 aromatic rings. The number of hydrogen-bond acceptors (Lipinski definition) is 3. The van der Waals surface area contributed by atoms with Crippen molar-refractivity contribution in [2.45, 2.75) is 57.0 Å². The fourth-order valence-corrected chi connectivity index (χ4v) is 5.90. The largest absolute Gasteiger partial charge is 0.350 e. The number of piperidine rings is 1. The number of nitrogens with zero attached hydrogens (tertiary/aromatic N) is 2. The highest BCUT2D eigenvalue weighted by atomic mass is 32.2. The number of nitrogens with one attached hydrogen (secondary N) is 1. The molecule has 2 aromatic carbocycles. The van der Waals surface area contributed by atoms with Gasteiger partial charge in [0.05, 0.1) is 4.90 Å². The predicted molar refractivity (Wildman–Crippen MR) is 127 cm³/mol. The molecular weight excluding hydrogens is 422 g/mol. The molecule has 6 nitrogen and oxygen atoms in total. The highest BCUT2D eigenvalue weighted by molar-refractivity contribution is 7.89. The Bertz CT molecular complexity index is 1190. The van der Waals surface area contributed by atoms with Gasteiger partial charge in [-0.1, -0.05) is 43.2 Å². The molecule has 1 N–H and O–H groups in total. The Morgan fingerprint density at radius 1 is 1.03 bits per heavy atom. The van der Waals surface area contributed by atoms with Crippen LogP contribution in [0.15, 0.2) is 59.6 Å². The van der Waals surface area contributed by atoms with E-state index in [9.17, 15) is 13.2 Å². The van der Waals surface area contributed by atoms with Crippen LogP contribution in [0.5, 0.6) is 0 Å². The minimum atomic E-state index is -3.48. The van der Waals surface area contributed by atoms with E-state index in [0.717, 1.165) is 35.7 Å². The van der Waals surface area contributed by atoms with Crippen LogP contribution in [0.4, 0.5) is 0 Å². The number of hydrogen-bond donors (Lipinski definition) is 1. The van der Waals surface area contributed by atoms with Crippen molar-refractivity contribution in [2.75, 3.05) is 13.1 Å².